The van der Waals surface area contributed by atoms with Crippen LogP contribution in [-0.4, -0.2) is 47.1 Å². The number of hydrogen-bond acceptors (Lipinski definition) is 6. The second-order valence-corrected chi connectivity index (χ2v) is 8.98. The van der Waals surface area contributed by atoms with E-state index < -0.39 is 23.0 Å². The third kappa shape index (κ3) is 4.51. The maximum Gasteiger partial charge on any atom is 0.423 e. The van der Waals surface area contributed by atoms with Gasteiger partial charge >= 0.3 is 6.18 Å². The summed E-state index contributed by atoms with van der Waals surface area (Å²) < 4.78 is 50.5. The number of H-pyrrole nitrogens is 1. The lowest BCUT2D eigenvalue weighted by Crippen LogP contribution is -2.38. The first kappa shape index (κ1) is 24.4. The van der Waals surface area contributed by atoms with Crippen molar-refractivity contribution in [2.75, 3.05) is 6.54 Å². The molecular weight excluding hydrogens is 515 g/mol. The first-order chi connectivity index (χ1) is 18.8. The Morgan fingerprint density at radius 3 is 2.77 bits per heavy atom. The minimum atomic E-state index is -4.91. The summed E-state index contributed by atoms with van der Waals surface area (Å²) in [5.74, 6) is 0.174. The van der Waals surface area contributed by atoms with Crippen molar-refractivity contribution in [1.82, 2.24) is 34.7 Å². The molecule has 1 aliphatic heterocycles. The van der Waals surface area contributed by atoms with E-state index in [-0.39, 0.29) is 12.5 Å². The average molecular weight is 535 g/mol. The molecule has 5 aromatic rings. The number of amides is 1. The minimum absolute atomic E-state index is 0.135. The molecule has 39 heavy (non-hydrogen) atoms. The molecule has 10 nitrogen and oxygen atoms in total. The van der Waals surface area contributed by atoms with Crippen molar-refractivity contribution in [1.29, 1.82) is 0 Å². The fourth-order valence-corrected chi connectivity index (χ4v) is 4.73. The topological polar surface area (TPSA) is 111 Å². The zero-order chi connectivity index (χ0) is 27.1. The van der Waals surface area contributed by atoms with Gasteiger partial charge in [-0.15, -0.1) is 5.10 Å². The lowest BCUT2D eigenvalue weighted by atomic mass is 10.1. The zero-order valence-electron chi connectivity index (χ0n) is 20.2. The van der Waals surface area contributed by atoms with Gasteiger partial charge in [-0.3, -0.25) is 9.59 Å². The maximum absolute atomic E-state index is 13.8. The average Bonchev–Trinajstić information content (AvgIpc) is 3.55. The molecule has 198 valence electrons. The summed E-state index contributed by atoms with van der Waals surface area (Å²) in [7, 11) is 0. The van der Waals surface area contributed by atoms with Gasteiger partial charge in [-0.2, -0.15) is 18.3 Å². The molecule has 3 aromatic heterocycles. The number of halogens is 3. The van der Waals surface area contributed by atoms with E-state index in [9.17, 15) is 22.8 Å². The summed E-state index contributed by atoms with van der Waals surface area (Å²) in [6.45, 7) is 1.26. The molecule has 0 radical (unpaired) electrons. The molecule has 6 rings (SSSR count). The third-order valence-corrected chi connectivity index (χ3v) is 6.59. The molecule has 4 heterocycles. The molecule has 0 atom stereocenters. The first-order valence-electron chi connectivity index (χ1n) is 11.9. The minimum Gasteiger partial charge on any atom is -0.487 e. The van der Waals surface area contributed by atoms with E-state index in [1.54, 1.807) is 64.3 Å². The molecule has 0 saturated heterocycles. The molecule has 1 aliphatic rings. The standard InChI is InChI=1S/C26H20F3N7O3/c27-26(28,29)23-21(12-30-32-24(23)37)35-13-17-4-1-2-7-20(17)22(35)15-39-19-6-3-5-16(10-19)25(38)34-8-9-36-18(14-34)11-31-33-36/h1-7,10-13H,8-9,14-15H2,(H,32,37). The van der Waals surface area contributed by atoms with Crippen molar-refractivity contribution in [3.63, 3.8) is 0 Å². The van der Waals surface area contributed by atoms with Gasteiger partial charge in [-0.05, 0) is 18.2 Å². The second-order valence-electron chi connectivity index (χ2n) is 8.98. The molecule has 1 N–H and O–H groups in total. The fraction of sp³-hybridized carbons (Fsp3) is 0.192. The smallest absolute Gasteiger partial charge is 0.423 e. The van der Waals surface area contributed by atoms with Gasteiger partial charge in [0.15, 0.2) is 0 Å². The van der Waals surface area contributed by atoms with Crippen LogP contribution in [0.15, 0.2) is 71.9 Å². The predicted molar refractivity (Wildman–Crippen MR) is 132 cm³/mol. The first-order valence-corrected chi connectivity index (χ1v) is 11.9. The van der Waals surface area contributed by atoms with Crippen molar-refractivity contribution in [3.05, 3.63) is 100.0 Å². The Hall–Kier alpha value is -4.94. The highest BCUT2D eigenvalue weighted by molar-refractivity contribution is 5.94. The molecule has 1 amide bonds. The van der Waals surface area contributed by atoms with Crippen molar-refractivity contribution in [2.45, 2.75) is 25.9 Å². The Morgan fingerprint density at radius 2 is 1.92 bits per heavy atom. The van der Waals surface area contributed by atoms with E-state index in [4.69, 9.17) is 4.74 Å². The molecule has 0 fully saturated rings. The van der Waals surface area contributed by atoms with Gasteiger partial charge in [0.25, 0.3) is 11.5 Å². The van der Waals surface area contributed by atoms with E-state index in [1.165, 1.54) is 10.8 Å². The number of fused-ring (bicyclic) bond motifs is 2. The maximum atomic E-state index is 13.8. The van der Waals surface area contributed by atoms with Crippen molar-refractivity contribution in [3.8, 4) is 11.4 Å². The van der Waals surface area contributed by atoms with Crippen LogP contribution in [0, 0.1) is 0 Å². The summed E-state index contributed by atoms with van der Waals surface area (Å²) in [5.41, 5.74) is -1.48. The Morgan fingerprint density at radius 1 is 1.08 bits per heavy atom. The van der Waals surface area contributed by atoms with Crippen molar-refractivity contribution >= 4 is 16.7 Å². The normalized spacial score (nSPS) is 13.5. The van der Waals surface area contributed by atoms with Crippen molar-refractivity contribution < 1.29 is 22.7 Å². The fourth-order valence-electron chi connectivity index (χ4n) is 4.73. The second kappa shape index (κ2) is 9.42. The van der Waals surface area contributed by atoms with Gasteiger partial charge < -0.3 is 14.2 Å². The molecule has 13 heteroatoms. The van der Waals surface area contributed by atoms with Gasteiger partial charge in [0, 0.05) is 29.1 Å². The molecule has 0 unspecified atom stereocenters. The molecule has 0 spiro atoms. The van der Waals surface area contributed by atoms with E-state index >= 15 is 0 Å². The van der Waals surface area contributed by atoms with Crippen LogP contribution in [0.4, 0.5) is 13.2 Å². The zero-order valence-corrected chi connectivity index (χ0v) is 20.2. The third-order valence-electron chi connectivity index (χ3n) is 6.59. The molecular formula is C26H20F3N7O3. The number of benzene rings is 2. The summed E-state index contributed by atoms with van der Waals surface area (Å²) in [6, 6.07) is 13.6. The molecule has 0 bridgehead atoms. The number of carbonyl (C=O) groups is 1. The monoisotopic (exact) mass is 535 g/mol. The van der Waals surface area contributed by atoms with E-state index in [0.29, 0.717) is 47.4 Å². The largest absolute Gasteiger partial charge is 0.487 e. The molecule has 0 aliphatic carbocycles. The SMILES string of the molecule is O=C(c1cccc(OCc2c3ccccc3cn2-c2cn[nH]c(=O)c2C(F)(F)F)c1)N1CCn2nncc2C1. The highest BCUT2D eigenvalue weighted by atomic mass is 19.4. The summed E-state index contributed by atoms with van der Waals surface area (Å²) >= 11 is 0. The molecule has 2 aromatic carbocycles. The van der Waals surface area contributed by atoms with Gasteiger partial charge in [0.05, 0.1) is 42.6 Å². The number of rotatable bonds is 5. The van der Waals surface area contributed by atoms with Gasteiger partial charge in [0.1, 0.15) is 17.9 Å². The van der Waals surface area contributed by atoms with Crippen LogP contribution in [0.5, 0.6) is 5.75 Å². The number of aromatic nitrogens is 6. The number of carbonyl (C=O) groups excluding carboxylic acids is 1. The van der Waals surface area contributed by atoms with Crippen LogP contribution in [0.3, 0.4) is 0 Å². The van der Waals surface area contributed by atoms with E-state index in [0.717, 1.165) is 11.9 Å². The summed E-state index contributed by atoms with van der Waals surface area (Å²) in [6.07, 6.45) is -0.808. The van der Waals surface area contributed by atoms with Crippen LogP contribution < -0.4 is 10.3 Å². The number of nitrogens with zero attached hydrogens (tertiary/aromatic N) is 6. The van der Waals surface area contributed by atoms with Gasteiger partial charge in [-0.1, -0.05) is 35.5 Å². The Balaban J connectivity index is 1.31. The number of alkyl halides is 3. The Labute approximate surface area is 218 Å². The number of ether oxygens (including phenoxy) is 1. The van der Waals surface area contributed by atoms with Gasteiger partial charge in [0.2, 0.25) is 0 Å². The van der Waals surface area contributed by atoms with E-state index in [2.05, 4.69) is 15.4 Å². The highest BCUT2D eigenvalue weighted by Gasteiger charge is 2.38. The quantitative estimate of drug-likeness (QED) is 0.369. The van der Waals surface area contributed by atoms with Gasteiger partial charge in [-0.25, -0.2) is 9.78 Å². The van der Waals surface area contributed by atoms with Crippen LogP contribution >= 0.6 is 0 Å². The highest BCUT2D eigenvalue weighted by Crippen LogP contribution is 2.34. The Bertz CT molecular complexity index is 1760. The van der Waals surface area contributed by atoms with E-state index in [1.807, 2.05) is 5.10 Å². The lowest BCUT2D eigenvalue weighted by molar-refractivity contribution is -0.138. The van der Waals surface area contributed by atoms with Crippen LogP contribution in [0.25, 0.3) is 16.5 Å². The predicted octanol–water partition coefficient (Wildman–Crippen LogP) is 3.56. The van der Waals surface area contributed by atoms with Crippen LogP contribution in [-0.2, 0) is 25.9 Å². The number of nitrogens with one attached hydrogen (secondary N) is 1. The summed E-state index contributed by atoms with van der Waals surface area (Å²) in [5, 5.41) is 14.6. The number of aromatic amines is 1. The molecule has 0 saturated carbocycles. The number of hydrogen-bond donors (Lipinski definition) is 1. The lowest BCUT2D eigenvalue weighted by Gasteiger charge is -2.27. The van der Waals surface area contributed by atoms with Crippen molar-refractivity contribution in [2.24, 2.45) is 0 Å². The Kier molecular flexibility index (Phi) is 5.89. The summed E-state index contributed by atoms with van der Waals surface area (Å²) in [4.78, 5) is 27.0. The van der Waals surface area contributed by atoms with Crippen LogP contribution in [0.1, 0.15) is 27.3 Å². The van der Waals surface area contributed by atoms with Crippen LogP contribution in [0.2, 0.25) is 0 Å².